The van der Waals surface area contributed by atoms with Crippen molar-refractivity contribution < 1.29 is 14.3 Å². The summed E-state index contributed by atoms with van der Waals surface area (Å²) in [5.74, 6) is -0.590. The summed E-state index contributed by atoms with van der Waals surface area (Å²) < 4.78 is 5.46. The van der Waals surface area contributed by atoms with Crippen molar-refractivity contribution in [2.45, 2.75) is 6.92 Å². The van der Waals surface area contributed by atoms with Gasteiger partial charge in [0.05, 0.1) is 17.0 Å². The third-order valence-electron chi connectivity index (χ3n) is 2.36. The van der Waals surface area contributed by atoms with E-state index in [0.29, 0.717) is 15.6 Å². The van der Waals surface area contributed by atoms with E-state index in [1.54, 1.807) is 31.2 Å². The molecule has 1 aromatic heterocycles. The second-order valence-corrected chi connectivity index (χ2v) is 3.80. The number of fused-ring (bicyclic) bond motifs is 1. The molecular weight excluding hydrogens is 242 g/mol. The van der Waals surface area contributed by atoms with Crippen molar-refractivity contribution in [2.75, 3.05) is 6.61 Å². The molecule has 17 heavy (non-hydrogen) atoms. The van der Waals surface area contributed by atoms with Gasteiger partial charge in [-0.1, -0.05) is 23.7 Å². The molecule has 1 aromatic carbocycles. The van der Waals surface area contributed by atoms with E-state index in [2.05, 4.69) is 0 Å². The minimum Gasteiger partial charge on any atom is -0.618 e. The van der Waals surface area contributed by atoms with E-state index in [4.69, 9.17) is 16.3 Å². The van der Waals surface area contributed by atoms with Gasteiger partial charge >= 0.3 is 5.97 Å². The van der Waals surface area contributed by atoms with E-state index in [1.165, 1.54) is 0 Å². The highest BCUT2D eigenvalue weighted by atomic mass is 35.5. The minimum absolute atomic E-state index is 0.0854. The monoisotopic (exact) mass is 251 g/mol. The Balaban J connectivity index is 2.67. The molecule has 0 radical (unpaired) electrons. The topological polar surface area (TPSA) is 53.2 Å². The number of rotatable bonds is 2. The summed E-state index contributed by atoms with van der Waals surface area (Å²) >= 11 is 6.09. The van der Waals surface area contributed by atoms with Gasteiger partial charge in [0.25, 0.3) is 0 Å². The van der Waals surface area contributed by atoms with E-state index in [1.807, 2.05) is 0 Å². The average molecular weight is 252 g/mol. The fourth-order valence-electron chi connectivity index (χ4n) is 1.59. The molecule has 5 heteroatoms. The van der Waals surface area contributed by atoms with E-state index >= 15 is 0 Å². The van der Waals surface area contributed by atoms with Gasteiger partial charge in [0.15, 0.2) is 6.20 Å². The zero-order chi connectivity index (χ0) is 12.4. The maximum atomic E-state index is 11.7. The summed E-state index contributed by atoms with van der Waals surface area (Å²) in [5.41, 5.74) is 0.507. The summed E-state index contributed by atoms with van der Waals surface area (Å²) in [6.45, 7) is 1.93. The Hall–Kier alpha value is -1.81. The fraction of sp³-hybridized carbons (Fsp3) is 0.167. The summed E-state index contributed by atoms with van der Waals surface area (Å²) in [5, 5.41) is 12.5. The first kappa shape index (κ1) is 11.7. The van der Waals surface area contributed by atoms with Crippen LogP contribution >= 0.6 is 11.6 Å². The molecule has 1 heterocycles. The van der Waals surface area contributed by atoms with Gasteiger partial charge in [-0.2, -0.15) is 4.73 Å². The van der Waals surface area contributed by atoms with Crippen LogP contribution in [0, 0.1) is 5.21 Å². The lowest BCUT2D eigenvalue weighted by Crippen LogP contribution is -2.28. The van der Waals surface area contributed by atoms with Crippen molar-refractivity contribution in [3.8, 4) is 0 Å². The van der Waals surface area contributed by atoms with Crippen molar-refractivity contribution in [3.63, 3.8) is 0 Å². The van der Waals surface area contributed by atoms with Crippen LogP contribution in [0.3, 0.4) is 0 Å². The van der Waals surface area contributed by atoms with Gasteiger partial charge in [-0.15, -0.1) is 0 Å². The quantitative estimate of drug-likeness (QED) is 0.468. The van der Waals surface area contributed by atoms with E-state index in [9.17, 15) is 10.0 Å². The number of hydrogen-bond donors (Lipinski definition) is 0. The fourth-order valence-corrected chi connectivity index (χ4v) is 1.88. The van der Waals surface area contributed by atoms with Crippen LogP contribution < -0.4 is 4.73 Å². The number of nitrogens with zero attached hydrogens (tertiary/aromatic N) is 1. The Morgan fingerprint density at radius 1 is 1.47 bits per heavy atom. The highest BCUT2D eigenvalue weighted by Gasteiger charge is 2.19. The Kier molecular flexibility index (Phi) is 3.15. The lowest BCUT2D eigenvalue weighted by molar-refractivity contribution is -0.577. The molecule has 0 saturated heterocycles. The maximum Gasteiger partial charge on any atom is 0.345 e. The Morgan fingerprint density at radius 2 is 2.18 bits per heavy atom. The zero-order valence-electron chi connectivity index (χ0n) is 9.14. The number of benzene rings is 1. The molecule has 4 nitrogen and oxygen atoms in total. The van der Waals surface area contributed by atoms with Crippen molar-refractivity contribution >= 4 is 28.5 Å². The second kappa shape index (κ2) is 4.59. The summed E-state index contributed by atoms with van der Waals surface area (Å²) in [6, 6.07) is 6.82. The Morgan fingerprint density at radius 3 is 2.88 bits per heavy atom. The molecule has 0 aliphatic rings. The first-order valence-electron chi connectivity index (χ1n) is 5.12. The van der Waals surface area contributed by atoms with Crippen molar-refractivity contribution in [2.24, 2.45) is 0 Å². The van der Waals surface area contributed by atoms with Gasteiger partial charge in [0.2, 0.25) is 5.52 Å². The van der Waals surface area contributed by atoms with Crippen molar-refractivity contribution in [1.29, 1.82) is 0 Å². The van der Waals surface area contributed by atoms with Crippen LogP contribution in [0.5, 0.6) is 0 Å². The molecule has 2 rings (SSSR count). The summed E-state index contributed by atoms with van der Waals surface area (Å²) in [4.78, 5) is 11.6. The second-order valence-electron chi connectivity index (χ2n) is 3.42. The molecule has 0 N–H and O–H groups in total. The third-order valence-corrected chi connectivity index (χ3v) is 2.76. The Labute approximate surface area is 103 Å². The van der Waals surface area contributed by atoms with Crippen LogP contribution in [0.1, 0.15) is 17.3 Å². The van der Waals surface area contributed by atoms with Gasteiger partial charge in [-0.25, -0.2) is 4.79 Å². The molecule has 0 saturated carbocycles. The van der Waals surface area contributed by atoms with Gasteiger partial charge in [0.1, 0.15) is 5.56 Å². The lowest BCUT2D eigenvalue weighted by Gasteiger charge is -2.07. The average Bonchev–Trinajstić information content (AvgIpc) is 2.34. The van der Waals surface area contributed by atoms with Crippen LogP contribution in [0.4, 0.5) is 0 Å². The van der Waals surface area contributed by atoms with Crippen molar-refractivity contribution in [1.82, 2.24) is 0 Å². The van der Waals surface area contributed by atoms with E-state index in [0.717, 1.165) is 6.20 Å². The molecule has 0 fully saturated rings. The predicted octanol–water partition coefficient (Wildman–Crippen LogP) is 2.30. The number of halogens is 1. The van der Waals surface area contributed by atoms with Crippen LogP contribution in [0.2, 0.25) is 5.02 Å². The molecule has 88 valence electrons. The van der Waals surface area contributed by atoms with E-state index < -0.39 is 5.97 Å². The van der Waals surface area contributed by atoms with Crippen LogP contribution in [-0.4, -0.2) is 12.6 Å². The first-order chi connectivity index (χ1) is 8.15. The Bertz CT molecular complexity index is 583. The number of carbonyl (C=O) groups excluding carboxylic acids is 1. The summed E-state index contributed by atoms with van der Waals surface area (Å²) in [6.07, 6.45) is 1.14. The van der Waals surface area contributed by atoms with E-state index in [-0.39, 0.29) is 17.2 Å². The van der Waals surface area contributed by atoms with Gasteiger partial charge in [-0.05, 0) is 13.0 Å². The first-order valence-corrected chi connectivity index (χ1v) is 5.50. The number of esters is 1. The number of pyridine rings is 1. The predicted molar refractivity (Wildman–Crippen MR) is 63.9 cm³/mol. The third kappa shape index (κ3) is 2.03. The smallest absolute Gasteiger partial charge is 0.345 e. The number of aromatic nitrogens is 1. The maximum absolute atomic E-state index is 11.7. The molecule has 0 bridgehead atoms. The molecular formula is C12H10ClNO3. The molecule has 0 aliphatic carbocycles. The molecule has 0 aliphatic heterocycles. The molecule has 2 aromatic rings. The molecule has 0 spiro atoms. The standard InChI is InChI=1S/C12H10ClNO3/c1-2-17-12(15)9-7-14(16)10-6-4-3-5-8(10)11(9)13/h3-7H,2H2,1H3. The largest absolute Gasteiger partial charge is 0.618 e. The van der Waals surface area contributed by atoms with Crippen LogP contribution in [0.15, 0.2) is 30.5 Å². The lowest BCUT2D eigenvalue weighted by atomic mass is 10.1. The molecule has 0 atom stereocenters. The van der Waals surface area contributed by atoms with Crippen LogP contribution in [-0.2, 0) is 4.74 Å². The molecule has 0 amide bonds. The van der Waals surface area contributed by atoms with Gasteiger partial charge < -0.3 is 9.94 Å². The van der Waals surface area contributed by atoms with Crippen molar-refractivity contribution in [3.05, 3.63) is 46.3 Å². The number of carbonyl (C=O) groups is 1. The number of para-hydroxylation sites is 1. The zero-order valence-corrected chi connectivity index (χ0v) is 9.90. The number of hydrogen-bond acceptors (Lipinski definition) is 3. The highest BCUT2D eigenvalue weighted by Crippen LogP contribution is 2.24. The highest BCUT2D eigenvalue weighted by molar-refractivity contribution is 6.38. The molecule has 0 unspecified atom stereocenters. The summed E-state index contributed by atoms with van der Waals surface area (Å²) in [7, 11) is 0. The SMILES string of the molecule is CCOC(=O)c1c[n+]([O-])c2ccccc2c1Cl. The van der Waals surface area contributed by atoms with Gasteiger partial charge in [0, 0.05) is 6.07 Å². The number of ether oxygens (including phenoxy) is 1. The van der Waals surface area contributed by atoms with Crippen LogP contribution in [0.25, 0.3) is 10.9 Å². The van der Waals surface area contributed by atoms with Gasteiger partial charge in [-0.3, -0.25) is 0 Å². The minimum atomic E-state index is -0.590. The normalized spacial score (nSPS) is 10.5.